The van der Waals surface area contributed by atoms with Gasteiger partial charge in [0.1, 0.15) is 16.4 Å². The quantitative estimate of drug-likeness (QED) is 0.258. The minimum absolute atomic E-state index is 0.725. The van der Waals surface area contributed by atoms with Gasteiger partial charge >= 0.3 is 0 Å². The zero-order valence-electron chi connectivity index (χ0n) is 20.6. The molecule has 1 aliphatic heterocycles. The largest absolute Gasteiger partial charge is 0.497 e. The number of benzene rings is 3. The van der Waals surface area contributed by atoms with Crippen LogP contribution in [0, 0.1) is 6.92 Å². The first-order valence-electron chi connectivity index (χ1n) is 12.5. The number of hydrogen-bond donors (Lipinski definition) is 1. The van der Waals surface area contributed by atoms with Crippen molar-refractivity contribution in [3.8, 4) is 28.1 Å². The van der Waals surface area contributed by atoms with Crippen molar-refractivity contribution in [1.82, 2.24) is 8.97 Å². The molecule has 3 aromatic carbocycles. The zero-order valence-corrected chi connectivity index (χ0v) is 21.4. The topological polar surface area (TPSA) is 30.6 Å². The Morgan fingerprint density at radius 1 is 0.889 bits per heavy atom. The molecule has 5 heteroatoms. The van der Waals surface area contributed by atoms with Crippen molar-refractivity contribution in [2.24, 2.45) is 0 Å². The van der Waals surface area contributed by atoms with Crippen LogP contribution in [0.1, 0.15) is 29.7 Å². The molecule has 0 bridgehead atoms. The van der Waals surface area contributed by atoms with Crippen molar-refractivity contribution < 1.29 is 4.74 Å². The highest BCUT2D eigenvalue weighted by atomic mass is 32.1. The summed E-state index contributed by atoms with van der Waals surface area (Å²) in [7, 11) is 1.70. The molecule has 0 fully saturated rings. The molecule has 0 aliphatic carbocycles. The van der Waals surface area contributed by atoms with E-state index in [0.29, 0.717) is 0 Å². The molecule has 0 saturated heterocycles. The van der Waals surface area contributed by atoms with E-state index in [9.17, 15) is 0 Å². The highest BCUT2D eigenvalue weighted by Crippen LogP contribution is 2.40. The maximum absolute atomic E-state index is 6.12. The molecule has 6 rings (SSSR count). The Balaban J connectivity index is 1.59. The lowest BCUT2D eigenvalue weighted by molar-refractivity contribution is 0.415. The number of thiocarbonyl (C=S) groups is 1. The van der Waals surface area contributed by atoms with Gasteiger partial charge < -0.3 is 14.6 Å². The molecule has 0 spiro atoms. The summed E-state index contributed by atoms with van der Waals surface area (Å²) in [5, 5.41) is 3.53. The Kier molecular flexibility index (Phi) is 5.86. The summed E-state index contributed by atoms with van der Waals surface area (Å²) in [4.78, 5) is 0.725. The van der Waals surface area contributed by atoms with E-state index in [2.05, 4.69) is 94.1 Å². The molecular weight excluding hydrogens is 462 g/mol. The van der Waals surface area contributed by atoms with Gasteiger partial charge in [0, 0.05) is 29.6 Å². The van der Waals surface area contributed by atoms with Crippen molar-refractivity contribution >= 4 is 28.5 Å². The van der Waals surface area contributed by atoms with Gasteiger partial charge in [-0.25, -0.2) is 0 Å². The van der Waals surface area contributed by atoms with Crippen LogP contribution in [0.15, 0.2) is 85.1 Å². The van der Waals surface area contributed by atoms with E-state index in [1.807, 2.05) is 12.1 Å². The molecular formula is C31H29N3OS. The average Bonchev–Trinajstić information content (AvgIpc) is 3.33. The number of rotatable bonds is 5. The summed E-state index contributed by atoms with van der Waals surface area (Å²) >= 11 is 6.12. The second-order valence-electron chi connectivity index (χ2n) is 9.43. The number of nitrogens with one attached hydrogen (secondary N) is 1. The van der Waals surface area contributed by atoms with Gasteiger partial charge in [-0.3, -0.25) is 4.40 Å². The predicted octanol–water partition coefficient (Wildman–Crippen LogP) is 7.52. The van der Waals surface area contributed by atoms with E-state index in [4.69, 9.17) is 17.0 Å². The molecule has 4 nitrogen and oxygen atoms in total. The maximum Gasteiger partial charge on any atom is 0.128 e. The van der Waals surface area contributed by atoms with Gasteiger partial charge in [-0.1, -0.05) is 72.4 Å². The summed E-state index contributed by atoms with van der Waals surface area (Å²) in [6, 6.07) is 27.4. The van der Waals surface area contributed by atoms with Crippen molar-refractivity contribution in [1.29, 1.82) is 0 Å². The average molecular weight is 492 g/mol. The predicted molar refractivity (Wildman–Crippen MR) is 152 cm³/mol. The molecule has 36 heavy (non-hydrogen) atoms. The monoisotopic (exact) mass is 491 g/mol. The highest BCUT2D eigenvalue weighted by Gasteiger charge is 2.28. The molecule has 180 valence electrons. The molecule has 0 atom stereocenters. The van der Waals surface area contributed by atoms with E-state index in [1.165, 1.54) is 33.6 Å². The number of aromatic nitrogens is 2. The maximum atomic E-state index is 6.12. The minimum atomic E-state index is 0.725. The number of anilines is 1. The molecule has 1 N–H and O–H groups in total. The summed E-state index contributed by atoms with van der Waals surface area (Å²) < 4.78 is 10.3. The van der Waals surface area contributed by atoms with Crippen LogP contribution < -0.4 is 10.1 Å². The zero-order chi connectivity index (χ0) is 24.6. The molecule has 3 heterocycles. The van der Waals surface area contributed by atoms with E-state index >= 15 is 0 Å². The smallest absolute Gasteiger partial charge is 0.128 e. The van der Waals surface area contributed by atoms with Crippen LogP contribution in [0.5, 0.6) is 5.75 Å². The van der Waals surface area contributed by atoms with E-state index in [0.717, 1.165) is 53.5 Å². The number of methoxy groups -OCH3 is 1. The Morgan fingerprint density at radius 2 is 1.64 bits per heavy atom. The van der Waals surface area contributed by atoms with Crippen LogP contribution >= 0.6 is 12.2 Å². The van der Waals surface area contributed by atoms with Gasteiger partial charge in [0.05, 0.1) is 18.5 Å². The molecule has 5 aromatic rings. The van der Waals surface area contributed by atoms with Crippen LogP contribution in [0.3, 0.4) is 0 Å². The van der Waals surface area contributed by atoms with Crippen LogP contribution in [-0.4, -0.2) is 21.1 Å². The Labute approximate surface area is 217 Å². The fourth-order valence-electron chi connectivity index (χ4n) is 5.34. The number of hydrogen-bond acceptors (Lipinski definition) is 2. The first kappa shape index (κ1) is 22.6. The molecule has 0 radical (unpaired) electrons. The third-order valence-corrected chi connectivity index (χ3v) is 7.40. The summed E-state index contributed by atoms with van der Waals surface area (Å²) in [5.74, 6) is 0.853. The van der Waals surface area contributed by atoms with Crippen molar-refractivity contribution in [3.63, 3.8) is 0 Å². The first-order chi connectivity index (χ1) is 17.6. The number of imidazole rings is 1. The molecule has 2 aromatic heterocycles. The van der Waals surface area contributed by atoms with Crippen molar-refractivity contribution in [3.05, 3.63) is 102 Å². The normalized spacial score (nSPS) is 12.9. The summed E-state index contributed by atoms with van der Waals surface area (Å²) in [6.07, 6.45) is 5.60. The fraction of sp³-hybridized carbons (Fsp3) is 0.194. The number of ether oxygens (including phenoxy) is 1. The minimum Gasteiger partial charge on any atom is -0.497 e. The summed E-state index contributed by atoms with van der Waals surface area (Å²) in [5.41, 5.74) is 10.7. The van der Waals surface area contributed by atoms with Crippen LogP contribution in [0.25, 0.3) is 28.0 Å². The second kappa shape index (κ2) is 9.32. The molecule has 0 saturated carbocycles. The van der Waals surface area contributed by atoms with Gasteiger partial charge in [-0.15, -0.1) is 0 Å². The Hall–Kier alpha value is -3.83. The highest BCUT2D eigenvalue weighted by molar-refractivity contribution is 7.81. The Morgan fingerprint density at radius 3 is 2.36 bits per heavy atom. The molecule has 1 aliphatic rings. The lowest BCUT2D eigenvalue weighted by atomic mass is 9.97. The van der Waals surface area contributed by atoms with Gasteiger partial charge in [-0.2, -0.15) is 0 Å². The van der Waals surface area contributed by atoms with Gasteiger partial charge in [0.15, 0.2) is 0 Å². The molecule has 0 amide bonds. The van der Waals surface area contributed by atoms with Crippen LogP contribution in [0.4, 0.5) is 5.69 Å². The summed E-state index contributed by atoms with van der Waals surface area (Å²) in [6.45, 7) is 3.09. The number of nitrogens with zero attached hydrogens (tertiary/aromatic N) is 2. The lowest BCUT2D eigenvalue weighted by Gasteiger charge is -2.13. The number of aryl methyl sites for hydroxylation is 3. The fourth-order valence-corrected chi connectivity index (χ4v) is 5.66. The molecule has 0 unspecified atom stereocenters. The standard InChI is InChI=1S/C31H29N3OS/c1-21-11-15-24(16-12-21)32-30(36)29-28(23-13-17-25(35-2)18-14-23)26-10-6-7-19-33-27(20-34(29)31(26)33)22-8-4-3-5-9-22/h3-5,8-9,11-18,20H,6-7,10,19H2,1-2H3,(H,32,36). The second-order valence-corrected chi connectivity index (χ2v) is 9.84. The SMILES string of the molecule is COc1ccc(-c2c3c4n(c(-c5ccccc5)cn4c2C(=S)Nc2ccc(C)cc2)CCCC3)cc1. The first-order valence-corrected chi connectivity index (χ1v) is 12.9. The van der Waals surface area contributed by atoms with Crippen molar-refractivity contribution in [2.75, 3.05) is 12.4 Å². The Bertz CT molecular complexity index is 1540. The van der Waals surface area contributed by atoms with Gasteiger partial charge in [0.2, 0.25) is 0 Å². The van der Waals surface area contributed by atoms with E-state index in [1.54, 1.807) is 7.11 Å². The third kappa shape index (κ3) is 3.90. The van der Waals surface area contributed by atoms with Crippen LogP contribution in [-0.2, 0) is 13.0 Å². The van der Waals surface area contributed by atoms with Crippen molar-refractivity contribution in [2.45, 2.75) is 32.7 Å². The van der Waals surface area contributed by atoms with Gasteiger partial charge in [-0.05, 0) is 61.6 Å². The third-order valence-electron chi connectivity index (χ3n) is 7.11. The van der Waals surface area contributed by atoms with Crippen LogP contribution in [0.2, 0.25) is 0 Å². The van der Waals surface area contributed by atoms with E-state index < -0.39 is 0 Å². The van der Waals surface area contributed by atoms with E-state index in [-0.39, 0.29) is 0 Å². The lowest BCUT2D eigenvalue weighted by Crippen LogP contribution is -2.14. The van der Waals surface area contributed by atoms with Gasteiger partial charge in [0.25, 0.3) is 0 Å².